The van der Waals surface area contributed by atoms with Crippen LogP contribution in [-0.4, -0.2) is 4.98 Å². The summed E-state index contributed by atoms with van der Waals surface area (Å²) in [5, 5.41) is 0. The lowest BCUT2D eigenvalue weighted by atomic mass is 9.86. The Morgan fingerprint density at radius 2 is 1.83 bits per heavy atom. The average Bonchev–Trinajstić information content (AvgIpc) is 2.28. The minimum absolute atomic E-state index is 0.0321. The van der Waals surface area contributed by atoms with Crippen LogP contribution in [-0.2, 0) is 5.41 Å². The van der Waals surface area contributed by atoms with Gasteiger partial charge in [0.05, 0.1) is 18.1 Å². The van der Waals surface area contributed by atoms with Gasteiger partial charge in [0.25, 0.3) is 0 Å². The molecule has 2 aromatic rings. The Kier molecular flexibility index (Phi) is 3.24. The Labute approximate surface area is 108 Å². The Morgan fingerprint density at radius 1 is 1.11 bits per heavy atom. The summed E-state index contributed by atoms with van der Waals surface area (Å²) in [5.41, 5.74) is 7.48. The molecule has 0 unspecified atom stereocenters. The van der Waals surface area contributed by atoms with Crippen LogP contribution in [0.15, 0.2) is 42.7 Å². The fourth-order valence-electron chi connectivity index (χ4n) is 1.79. The standard InChI is InChI=1S/C15H18N2O/c1-15(2,3)13-6-4-5-7-14(13)18-12-8-11(16)9-17-10-12/h4-10H,16H2,1-3H3. The van der Waals surface area contributed by atoms with Crippen molar-refractivity contribution in [2.75, 3.05) is 5.73 Å². The molecule has 0 radical (unpaired) electrons. The first-order valence-corrected chi connectivity index (χ1v) is 5.95. The van der Waals surface area contributed by atoms with Crippen molar-refractivity contribution < 1.29 is 4.74 Å². The number of rotatable bonds is 2. The summed E-state index contributed by atoms with van der Waals surface area (Å²) in [5.74, 6) is 1.50. The monoisotopic (exact) mass is 242 g/mol. The zero-order valence-electron chi connectivity index (χ0n) is 11.0. The van der Waals surface area contributed by atoms with Crippen LogP contribution < -0.4 is 10.5 Å². The molecule has 0 saturated carbocycles. The molecule has 2 rings (SSSR count). The molecular weight excluding hydrogens is 224 g/mol. The van der Waals surface area contributed by atoms with Crippen molar-refractivity contribution in [1.29, 1.82) is 0 Å². The smallest absolute Gasteiger partial charge is 0.147 e. The van der Waals surface area contributed by atoms with Gasteiger partial charge in [-0.25, -0.2) is 0 Å². The largest absolute Gasteiger partial charge is 0.455 e. The normalized spacial score (nSPS) is 11.3. The lowest BCUT2D eigenvalue weighted by molar-refractivity contribution is 0.454. The van der Waals surface area contributed by atoms with E-state index >= 15 is 0 Å². The highest BCUT2D eigenvalue weighted by Crippen LogP contribution is 2.33. The summed E-state index contributed by atoms with van der Waals surface area (Å²) in [6.45, 7) is 6.48. The van der Waals surface area contributed by atoms with Gasteiger partial charge in [-0.1, -0.05) is 39.0 Å². The highest BCUT2D eigenvalue weighted by Gasteiger charge is 2.18. The van der Waals surface area contributed by atoms with Gasteiger partial charge in [0.1, 0.15) is 11.5 Å². The van der Waals surface area contributed by atoms with Crippen LogP contribution in [0.1, 0.15) is 26.3 Å². The highest BCUT2D eigenvalue weighted by atomic mass is 16.5. The van der Waals surface area contributed by atoms with Gasteiger partial charge in [0, 0.05) is 11.6 Å². The molecular formula is C15H18N2O. The van der Waals surface area contributed by atoms with Gasteiger partial charge in [-0.2, -0.15) is 0 Å². The molecule has 0 aliphatic rings. The number of aromatic nitrogens is 1. The van der Waals surface area contributed by atoms with Crippen molar-refractivity contribution in [3.63, 3.8) is 0 Å². The summed E-state index contributed by atoms with van der Waals surface area (Å²) in [6.07, 6.45) is 3.26. The van der Waals surface area contributed by atoms with Crippen LogP contribution in [0.4, 0.5) is 5.69 Å². The van der Waals surface area contributed by atoms with Gasteiger partial charge in [0.2, 0.25) is 0 Å². The van der Waals surface area contributed by atoms with E-state index in [4.69, 9.17) is 10.5 Å². The number of para-hydroxylation sites is 1. The van der Waals surface area contributed by atoms with Gasteiger partial charge in [-0.05, 0) is 11.5 Å². The summed E-state index contributed by atoms with van der Waals surface area (Å²) in [4.78, 5) is 4.02. The second kappa shape index (κ2) is 4.69. The zero-order chi connectivity index (χ0) is 13.2. The maximum atomic E-state index is 5.87. The third-order valence-corrected chi connectivity index (χ3v) is 2.66. The number of nitrogen functional groups attached to an aromatic ring is 1. The number of nitrogens with zero attached hydrogens (tertiary/aromatic N) is 1. The molecule has 0 amide bonds. The summed E-state index contributed by atoms with van der Waals surface area (Å²) in [7, 11) is 0. The molecule has 1 aromatic carbocycles. The third kappa shape index (κ3) is 2.80. The van der Waals surface area contributed by atoms with Gasteiger partial charge in [-0.3, -0.25) is 4.98 Å². The Bertz CT molecular complexity index is 544. The quantitative estimate of drug-likeness (QED) is 0.872. The number of benzene rings is 1. The lowest BCUT2D eigenvalue weighted by Crippen LogP contribution is -2.12. The van der Waals surface area contributed by atoms with Gasteiger partial charge >= 0.3 is 0 Å². The van der Waals surface area contributed by atoms with Crippen molar-refractivity contribution in [3.05, 3.63) is 48.3 Å². The summed E-state index contributed by atoms with van der Waals surface area (Å²) < 4.78 is 5.87. The van der Waals surface area contributed by atoms with Crippen molar-refractivity contribution in [1.82, 2.24) is 4.98 Å². The molecule has 0 aliphatic carbocycles. The van der Waals surface area contributed by atoms with Gasteiger partial charge < -0.3 is 10.5 Å². The summed E-state index contributed by atoms with van der Waals surface area (Å²) in [6, 6.07) is 9.79. The fourth-order valence-corrected chi connectivity index (χ4v) is 1.79. The number of anilines is 1. The van der Waals surface area contributed by atoms with Crippen molar-refractivity contribution in [2.24, 2.45) is 0 Å². The molecule has 94 valence electrons. The molecule has 0 fully saturated rings. The van der Waals surface area contributed by atoms with Crippen LogP contribution in [0.5, 0.6) is 11.5 Å². The van der Waals surface area contributed by atoms with E-state index in [0.29, 0.717) is 11.4 Å². The molecule has 0 spiro atoms. The second-order valence-corrected chi connectivity index (χ2v) is 5.30. The van der Waals surface area contributed by atoms with E-state index in [1.807, 2.05) is 18.2 Å². The molecule has 18 heavy (non-hydrogen) atoms. The van der Waals surface area contributed by atoms with E-state index in [1.165, 1.54) is 0 Å². The molecule has 1 aromatic heterocycles. The van der Waals surface area contributed by atoms with Crippen molar-refractivity contribution in [3.8, 4) is 11.5 Å². The first-order chi connectivity index (χ1) is 8.47. The zero-order valence-corrected chi connectivity index (χ0v) is 11.0. The summed E-state index contributed by atoms with van der Waals surface area (Å²) >= 11 is 0. The van der Waals surface area contributed by atoms with Crippen LogP contribution in [0.25, 0.3) is 0 Å². The first kappa shape index (κ1) is 12.4. The number of pyridine rings is 1. The van der Waals surface area contributed by atoms with E-state index in [1.54, 1.807) is 18.5 Å². The predicted molar refractivity (Wildman–Crippen MR) is 73.9 cm³/mol. The third-order valence-electron chi connectivity index (χ3n) is 2.66. The minimum atomic E-state index is 0.0321. The van der Waals surface area contributed by atoms with Gasteiger partial charge in [-0.15, -0.1) is 0 Å². The molecule has 0 saturated heterocycles. The topological polar surface area (TPSA) is 48.1 Å². The Balaban J connectivity index is 2.35. The molecule has 0 atom stereocenters. The highest BCUT2D eigenvalue weighted by molar-refractivity contribution is 5.45. The van der Waals surface area contributed by atoms with E-state index in [-0.39, 0.29) is 5.41 Å². The van der Waals surface area contributed by atoms with Crippen LogP contribution >= 0.6 is 0 Å². The molecule has 0 aliphatic heterocycles. The van der Waals surface area contributed by atoms with E-state index in [0.717, 1.165) is 11.3 Å². The maximum Gasteiger partial charge on any atom is 0.147 e. The van der Waals surface area contributed by atoms with Crippen molar-refractivity contribution in [2.45, 2.75) is 26.2 Å². The molecule has 3 heteroatoms. The van der Waals surface area contributed by atoms with Crippen LogP contribution in [0.3, 0.4) is 0 Å². The predicted octanol–water partition coefficient (Wildman–Crippen LogP) is 3.75. The SMILES string of the molecule is CC(C)(C)c1ccccc1Oc1cncc(N)c1. The molecule has 0 bridgehead atoms. The first-order valence-electron chi connectivity index (χ1n) is 5.95. The van der Waals surface area contributed by atoms with Gasteiger partial charge in [0.15, 0.2) is 0 Å². The van der Waals surface area contributed by atoms with E-state index < -0.39 is 0 Å². The number of hydrogen-bond donors (Lipinski definition) is 1. The average molecular weight is 242 g/mol. The maximum absolute atomic E-state index is 5.87. The Morgan fingerprint density at radius 3 is 2.50 bits per heavy atom. The second-order valence-electron chi connectivity index (χ2n) is 5.30. The van der Waals surface area contributed by atoms with E-state index in [9.17, 15) is 0 Å². The lowest BCUT2D eigenvalue weighted by Gasteiger charge is -2.22. The molecule has 1 heterocycles. The molecule has 3 nitrogen and oxygen atoms in total. The Hall–Kier alpha value is -2.03. The van der Waals surface area contributed by atoms with E-state index in [2.05, 4.69) is 31.8 Å². The number of nitrogens with two attached hydrogens (primary N) is 1. The van der Waals surface area contributed by atoms with Crippen LogP contribution in [0.2, 0.25) is 0 Å². The minimum Gasteiger partial charge on any atom is -0.455 e. The fraction of sp³-hybridized carbons (Fsp3) is 0.267. The van der Waals surface area contributed by atoms with Crippen LogP contribution in [0, 0.1) is 0 Å². The molecule has 2 N–H and O–H groups in total. The van der Waals surface area contributed by atoms with Crippen molar-refractivity contribution >= 4 is 5.69 Å². The number of ether oxygens (including phenoxy) is 1. The number of hydrogen-bond acceptors (Lipinski definition) is 3.